The first kappa shape index (κ1) is 11.7. The number of fused-ring (bicyclic) bond motifs is 2. The zero-order chi connectivity index (χ0) is 13.6. The van der Waals surface area contributed by atoms with Crippen molar-refractivity contribution in [2.24, 2.45) is 0 Å². The molecule has 0 amide bonds. The third kappa shape index (κ3) is 1.74. The Morgan fingerprint density at radius 3 is 2.11 bits per heavy atom. The van der Waals surface area contributed by atoms with Crippen molar-refractivity contribution in [2.45, 2.75) is 13.8 Å². The van der Waals surface area contributed by atoms with Crippen LogP contribution in [0.3, 0.4) is 0 Å². The van der Waals surface area contributed by atoms with Crippen molar-refractivity contribution in [3.05, 3.63) is 63.7 Å². The van der Waals surface area contributed by atoms with Gasteiger partial charge in [-0.1, -0.05) is 24.3 Å². The Morgan fingerprint density at radius 2 is 1.53 bits per heavy atom. The van der Waals surface area contributed by atoms with E-state index < -0.39 is 0 Å². The van der Waals surface area contributed by atoms with Crippen molar-refractivity contribution in [2.75, 3.05) is 0 Å². The molecule has 0 saturated heterocycles. The molecule has 3 heteroatoms. The quantitative estimate of drug-likeness (QED) is 0.362. The van der Waals surface area contributed by atoms with Crippen LogP contribution in [0.25, 0.3) is 21.5 Å². The smallest absolute Gasteiger partial charge is 0.258 e. The van der Waals surface area contributed by atoms with Crippen molar-refractivity contribution in [3.8, 4) is 0 Å². The Balaban J connectivity index is 2.50. The second-order valence-electron chi connectivity index (χ2n) is 4.84. The van der Waals surface area contributed by atoms with Crippen LogP contribution in [-0.4, -0.2) is 4.92 Å². The lowest BCUT2D eigenvalue weighted by molar-refractivity contribution is -0.385. The highest BCUT2D eigenvalue weighted by atomic mass is 16.6. The zero-order valence-electron chi connectivity index (χ0n) is 10.8. The fraction of sp³-hybridized carbons (Fsp3) is 0.125. The minimum absolute atomic E-state index is 0.195. The number of nitrogens with zero attached hydrogens (tertiary/aromatic N) is 1. The number of hydrogen-bond donors (Lipinski definition) is 0. The maximum absolute atomic E-state index is 11.1. The Hall–Kier alpha value is -2.42. The monoisotopic (exact) mass is 251 g/mol. The molecule has 0 aliphatic rings. The van der Waals surface area contributed by atoms with Crippen molar-refractivity contribution in [1.82, 2.24) is 0 Å². The van der Waals surface area contributed by atoms with Gasteiger partial charge in [0.25, 0.3) is 5.69 Å². The molecule has 0 saturated carbocycles. The number of hydrogen-bond acceptors (Lipinski definition) is 2. The fourth-order valence-electron chi connectivity index (χ4n) is 2.60. The number of aryl methyl sites for hydroxylation is 2. The van der Waals surface area contributed by atoms with E-state index in [4.69, 9.17) is 0 Å². The third-order valence-corrected chi connectivity index (χ3v) is 3.65. The van der Waals surface area contributed by atoms with E-state index in [1.165, 1.54) is 0 Å². The maximum Gasteiger partial charge on any atom is 0.273 e. The van der Waals surface area contributed by atoms with Crippen LogP contribution in [0.1, 0.15) is 11.1 Å². The van der Waals surface area contributed by atoms with Crippen LogP contribution < -0.4 is 0 Å². The summed E-state index contributed by atoms with van der Waals surface area (Å²) in [6.07, 6.45) is 0. The van der Waals surface area contributed by atoms with Gasteiger partial charge < -0.3 is 0 Å². The van der Waals surface area contributed by atoms with Crippen LogP contribution >= 0.6 is 0 Å². The van der Waals surface area contributed by atoms with Gasteiger partial charge in [-0.15, -0.1) is 0 Å². The fourth-order valence-corrected chi connectivity index (χ4v) is 2.60. The van der Waals surface area contributed by atoms with Crippen LogP contribution in [0, 0.1) is 24.0 Å². The predicted molar refractivity (Wildman–Crippen MR) is 77.6 cm³/mol. The van der Waals surface area contributed by atoms with E-state index in [1.807, 2.05) is 38.1 Å². The summed E-state index contributed by atoms with van der Waals surface area (Å²) in [5, 5.41) is 15.4. The Bertz CT molecular complexity index is 822. The normalized spacial score (nSPS) is 11.1. The molecule has 0 spiro atoms. The molecule has 0 atom stereocenters. The van der Waals surface area contributed by atoms with Crippen LogP contribution in [-0.2, 0) is 0 Å². The average molecular weight is 251 g/mol. The van der Waals surface area contributed by atoms with E-state index in [0.717, 1.165) is 32.7 Å². The van der Waals surface area contributed by atoms with Gasteiger partial charge in [0.15, 0.2) is 0 Å². The van der Waals surface area contributed by atoms with Gasteiger partial charge in [0.1, 0.15) is 0 Å². The van der Waals surface area contributed by atoms with Crippen LogP contribution in [0.5, 0.6) is 0 Å². The number of benzene rings is 3. The molecule has 19 heavy (non-hydrogen) atoms. The SMILES string of the molecule is Cc1cc([N+](=O)[O-])c(C)c2cc3ccccc3cc12. The highest BCUT2D eigenvalue weighted by molar-refractivity contribution is 6.02. The van der Waals surface area contributed by atoms with E-state index in [9.17, 15) is 10.1 Å². The number of rotatable bonds is 1. The summed E-state index contributed by atoms with van der Waals surface area (Å²) >= 11 is 0. The molecule has 0 N–H and O–H groups in total. The molecular weight excluding hydrogens is 238 g/mol. The summed E-state index contributed by atoms with van der Waals surface area (Å²) in [5.74, 6) is 0. The molecule has 0 bridgehead atoms. The summed E-state index contributed by atoms with van der Waals surface area (Å²) in [6.45, 7) is 3.73. The first-order valence-corrected chi connectivity index (χ1v) is 6.15. The Labute approximate surface area is 110 Å². The Kier molecular flexibility index (Phi) is 2.49. The molecule has 3 rings (SSSR count). The molecular formula is C16H13NO2. The van der Waals surface area contributed by atoms with Crippen molar-refractivity contribution in [3.63, 3.8) is 0 Å². The summed E-state index contributed by atoms with van der Waals surface area (Å²) in [7, 11) is 0. The zero-order valence-corrected chi connectivity index (χ0v) is 10.8. The van der Waals surface area contributed by atoms with E-state index in [-0.39, 0.29) is 10.6 Å². The highest BCUT2D eigenvalue weighted by Gasteiger charge is 2.15. The van der Waals surface area contributed by atoms with Crippen LogP contribution in [0.4, 0.5) is 5.69 Å². The summed E-state index contributed by atoms with van der Waals surface area (Å²) in [5.41, 5.74) is 1.87. The predicted octanol–water partition coefficient (Wildman–Crippen LogP) is 4.52. The maximum atomic E-state index is 11.1. The van der Waals surface area contributed by atoms with Gasteiger partial charge in [-0.05, 0) is 53.1 Å². The van der Waals surface area contributed by atoms with Crippen molar-refractivity contribution >= 4 is 27.2 Å². The molecule has 0 aliphatic carbocycles. The molecule has 0 heterocycles. The lowest BCUT2D eigenvalue weighted by Gasteiger charge is -2.09. The molecule has 0 aromatic heterocycles. The molecule has 0 radical (unpaired) electrons. The van der Waals surface area contributed by atoms with Gasteiger partial charge in [0, 0.05) is 11.6 Å². The third-order valence-electron chi connectivity index (χ3n) is 3.65. The molecule has 0 aliphatic heterocycles. The molecule has 0 fully saturated rings. The number of nitro benzene ring substituents is 1. The largest absolute Gasteiger partial charge is 0.273 e. The molecule has 94 valence electrons. The van der Waals surface area contributed by atoms with Gasteiger partial charge in [0.05, 0.1) is 4.92 Å². The van der Waals surface area contributed by atoms with Gasteiger partial charge >= 0.3 is 0 Å². The van der Waals surface area contributed by atoms with E-state index in [1.54, 1.807) is 6.07 Å². The molecule has 3 nitrogen and oxygen atoms in total. The lowest BCUT2D eigenvalue weighted by Crippen LogP contribution is -1.94. The first-order valence-electron chi connectivity index (χ1n) is 6.15. The summed E-state index contributed by atoms with van der Waals surface area (Å²) < 4.78 is 0. The number of nitro groups is 1. The van der Waals surface area contributed by atoms with Gasteiger partial charge in [0.2, 0.25) is 0 Å². The lowest BCUT2D eigenvalue weighted by atomic mass is 9.96. The minimum Gasteiger partial charge on any atom is -0.258 e. The van der Waals surface area contributed by atoms with E-state index in [0.29, 0.717) is 0 Å². The summed E-state index contributed by atoms with van der Waals surface area (Å²) in [6, 6.07) is 13.9. The minimum atomic E-state index is -0.309. The van der Waals surface area contributed by atoms with Gasteiger partial charge in [-0.2, -0.15) is 0 Å². The second kappa shape index (κ2) is 4.05. The average Bonchev–Trinajstić information content (AvgIpc) is 2.41. The van der Waals surface area contributed by atoms with E-state index >= 15 is 0 Å². The molecule has 0 unspecified atom stereocenters. The molecule has 3 aromatic rings. The van der Waals surface area contributed by atoms with Gasteiger partial charge in [-0.25, -0.2) is 0 Å². The van der Waals surface area contributed by atoms with Crippen molar-refractivity contribution in [1.29, 1.82) is 0 Å². The highest BCUT2D eigenvalue weighted by Crippen LogP contribution is 2.33. The second-order valence-corrected chi connectivity index (χ2v) is 4.84. The first-order chi connectivity index (χ1) is 9.08. The van der Waals surface area contributed by atoms with Crippen molar-refractivity contribution < 1.29 is 4.92 Å². The standard InChI is InChI=1S/C16H13NO2/c1-10-7-16(17(18)19)11(2)15-9-13-6-4-3-5-12(13)8-14(10)15/h3-9H,1-2H3. The van der Waals surface area contributed by atoms with Crippen LogP contribution in [0.15, 0.2) is 42.5 Å². The molecule has 3 aromatic carbocycles. The summed E-state index contributed by atoms with van der Waals surface area (Å²) in [4.78, 5) is 10.8. The van der Waals surface area contributed by atoms with E-state index in [2.05, 4.69) is 12.1 Å². The van der Waals surface area contributed by atoms with Gasteiger partial charge in [-0.3, -0.25) is 10.1 Å². The van der Waals surface area contributed by atoms with Crippen LogP contribution in [0.2, 0.25) is 0 Å². The topological polar surface area (TPSA) is 43.1 Å². The Morgan fingerprint density at radius 1 is 0.947 bits per heavy atom.